The molecule has 2 aromatic carbocycles. The fourth-order valence-electron chi connectivity index (χ4n) is 3.72. The highest BCUT2D eigenvalue weighted by molar-refractivity contribution is 7.89. The molecule has 1 amide bonds. The van der Waals surface area contributed by atoms with Gasteiger partial charge < -0.3 is 14.4 Å². The molecule has 0 aromatic heterocycles. The van der Waals surface area contributed by atoms with Crippen LogP contribution in [0.2, 0.25) is 0 Å². The van der Waals surface area contributed by atoms with E-state index in [2.05, 4.69) is 0 Å². The Balaban J connectivity index is 1.40. The maximum atomic E-state index is 12.9. The molecule has 2 aromatic rings. The van der Waals surface area contributed by atoms with Gasteiger partial charge in [0.25, 0.3) is 5.91 Å². The van der Waals surface area contributed by atoms with Crippen LogP contribution in [0.4, 0.5) is 0 Å². The van der Waals surface area contributed by atoms with Crippen LogP contribution >= 0.6 is 0 Å². The highest BCUT2D eigenvalue weighted by atomic mass is 32.2. The second kappa shape index (κ2) is 8.08. The van der Waals surface area contributed by atoms with Gasteiger partial charge in [-0.15, -0.1) is 0 Å². The van der Waals surface area contributed by atoms with Crippen molar-refractivity contribution in [2.75, 3.05) is 33.3 Å². The molecule has 8 nitrogen and oxygen atoms in total. The van der Waals surface area contributed by atoms with Crippen molar-refractivity contribution in [3.63, 3.8) is 0 Å². The number of nitrogens with zero attached hydrogens (tertiary/aromatic N) is 2. The van der Waals surface area contributed by atoms with Crippen LogP contribution in [0.3, 0.4) is 0 Å². The summed E-state index contributed by atoms with van der Waals surface area (Å²) in [6.45, 7) is 0.836. The minimum Gasteiger partial charge on any atom is -0.497 e. The van der Waals surface area contributed by atoms with E-state index < -0.39 is 22.1 Å². The minimum atomic E-state index is -3.66. The number of rotatable bonds is 4. The normalized spacial score (nSPS) is 19.7. The molecule has 1 atom stereocenters. The quantitative estimate of drug-likeness (QED) is 0.679. The number of esters is 1. The van der Waals surface area contributed by atoms with E-state index in [0.717, 1.165) is 5.56 Å². The number of hydrogen-bond acceptors (Lipinski definition) is 6. The minimum absolute atomic E-state index is 0.178. The van der Waals surface area contributed by atoms with Crippen LogP contribution in [0.25, 0.3) is 0 Å². The number of piperazine rings is 1. The van der Waals surface area contributed by atoms with Gasteiger partial charge in [0.05, 0.1) is 17.6 Å². The number of carbonyl (C=O) groups is 2. The van der Waals surface area contributed by atoms with Gasteiger partial charge in [-0.1, -0.05) is 18.2 Å². The van der Waals surface area contributed by atoms with E-state index in [9.17, 15) is 18.0 Å². The van der Waals surface area contributed by atoms with Gasteiger partial charge in [0.1, 0.15) is 5.75 Å². The van der Waals surface area contributed by atoms with Crippen LogP contribution in [0.15, 0.2) is 53.4 Å². The molecule has 0 saturated carbocycles. The first-order chi connectivity index (χ1) is 14.4. The lowest BCUT2D eigenvalue weighted by Gasteiger charge is -2.36. The highest BCUT2D eigenvalue weighted by Gasteiger charge is 2.36. The topological polar surface area (TPSA) is 93.2 Å². The Hall–Kier alpha value is -2.91. The second-order valence-electron chi connectivity index (χ2n) is 7.16. The zero-order valence-corrected chi connectivity index (χ0v) is 17.3. The van der Waals surface area contributed by atoms with Crippen LogP contribution in [0.5, 0.6) is 5.75 Å². The molecule has 0 aliphatic carbocycles. The fraction of sp³-hybridized carbons (Fsp3) is 0.333. The molecule has 0 bridgehead atoms. The van der Waals surface area contributed by atoms with Crippen LogP contribution < -0.4 is 4.74 Å². The van der Waals surface area contributed by atoms with Gasteiger partial charge in [-0.05, 0) is 35.9 Å². The maximum Gasteiger partial charge on any atom is 0.339 e. The first kappa shape index (κ1) is 20.4. The van der Waals surface area contributed by atoms with Crippen molar-refractivity contribution in [2.45, 2.75) is 17.4 Å². The van der Waals surface area contributed by atoms with Gasteiger partial charge in [-0.2, -0.15) is 4.31 Å². The van der Waals surface area contributed by atoms with Crippen LogP contribution in [0, 0.1) is 0 Å². The molecule has 2 aliphatic rings. The number of benzene rings is 2. The largest absolute Gasteiger partial charge is 0.497 e. The van der Waals surface area contributed by atoms with Gasteiger partial charge in [0, 0.05) is 32.6 Å². The van der Waals surface area contributed by atoms with Crippen molar-refractivity contribution in [3.8, 4) is 5.75 Å². The van der Waals surface area contributed by atoms with Crippen molar-refractivity contribution < 1.29 is 27.5 Å². The van der Waals surface area contributed by atoms with Crippen molar-refractivity contribution >= 4 is 21.9 Å². The summed E-state index contributed by atoms with van der Waals surface area (Å²) in [4.78, 5) is 26.8. The predicted octanol–water partition coefficient (Wildman–Crippen LogP) is 1.31. The predicted molar refractivity (Wildman–Crippen MR) is 108 cm³/mol. The molecule has 1 fully saturated rings. The average Bonchev–Trinajstić information content (AvgIpc) is 2.78. The molecule has 0 N–H and O–H groups in total. The van der Waals surface area contributed by atoms with E-state index in [0.29, 0.717) is 17.7 Å². The molecule has 2 aliphatic heterocycles. The highest BCUT2D eigenvalue weighted by Crippen LogP contribution is 2.24. The van der Waals surface area contributed by atoms with E-state index in [1.807, 2.05) is 12.1 Å². The lowest BCUT2D eigenvalue weighted by molar-refractivity contribution is -0.142. The van der Waals surface area contributed by atoms with E-state index in [1.54, 1.807) is 29.2 Å². The Morgan fingerprint density at radius 2 is 1.70 bits per heavy atom. The standard InChI is InChI=1S/C21H22N2O6S/c1-28-16-6-8-17(9-7-16)30(26,27)23-12-10-22(11-13-23)20(24)19-14-15-4-2-3-5-18(15)21(25)29-19/h2-9,19H,10-14H2,1H3/t19-/m1/s1. The van der Waals surface area contributed by atoms with Gasteiger partial charge in [-0.25, -0.2) is 13.2 Å². The molecule has 158 valence electrons. The number of hydrogen-bond donors (Lipinski definition) is 0. The smallest absolute Gasteiger partial charge is 0.339 e. The van der Waals surface area contributed by atoms with Crippen LogP contribution in [0.1, 0.15) is 15.9 Å². The Morgan fingerprint density at radius 1 is 1.03 bits per heavy atom. The third-order valence-electron chi connectivity index (χ3n) is 5.41. The zero-order valence-electron chi connectivity index (χ0n) is 16.5. The summed E-state index contributed by atoms with van der Waals surface area (Å²) in [5.74, 6) is -0.219. The maximum absolute atomic E-state index is 12.9. The Morgan fingerprint density at radius 3 is 2.37 bits per heavy atom. The van der Waals surface area contributed by atoms with E-state index in [-0.39, 0.29) is 37.0 Å². The SMILES string of the molecule is COc1ccc(S(=O)(=O)N2CCN(C(=O)[C@H]3Cc4ccccc4C(=O)O3)CC2)cc1. The molecular weight excluding hydrogens is 408 g/mol. The average molecular weight is 430 g/mol. The number of ether oxygens (including phenoxy) is 2. The molecule has 0 radical (unpaired) electrons. The molecule has 30 heavy (non-hydrogen) atoms. The Labute approximate surface area is 175 Å². The molecule has 9 heteroatoms. The summed E-state index contributed by atoms with van der Waals surface area (Å²) in [6, 6.07) is 13.3. The molecule has 0 spiro atoms. The van der Waals surface area contributed by atoms with Crippen LogP contribution in [-0.4, -0.2) is 68.9 Å². The molecule has 4 rings (SSSR count). The number of methoxy groups -OCH3 is 1. The van der Waals surface area contributed by atoms with Crippen molar-refractivity contribution in [3.05, 3.63) is 59.7 Å². The van der Waals surface area contributed by atoms with Crippen LogP contribution in [-0.2, 0) is 26.0 Å². The monoisotopic (exact) mass is 430 g/mol. The van der Waals surface area contributed by atoms with Gasteiger partial charge in [-0.3, -0.25) is 4.79 Å². The van der Waals surface area contributed by atoms with Crippen molar-refractivity contribution in [2.24, 2.45) is 0 Å². The molecular formula is C21H22N2O6S. The zero-order chi connectivity index (χ0) is 21.3. The molecule has 0 unspecified atom stereocenters. The summed E-state index contributed by atoms with van der Waals surface area (Å²) >= 11 is 0. The van der Waals surface area contributed by atoms with Crippen molar-refractivity contribution in [1.29, 1.82) is 0 Å². The second-order valence-corrected chi connectivity index (χ2v) is 9.10. The van der Waals surface area contributed by atoms with E-state index in [4.69, 9.17) is 9.47 Å². The summed E-state index contributed by atoms with van der Waals surface area (Å²) in [5, 5.41) is 0. The summed E-state index contributed by atoms with van der Waals surface area (Å²) in [6.07, 6.45) is -0.553. The van der Waals surface area contributed by atoms with Crippen molar-refractivity contribution in [1.82, 2.24) is 9.21 Å². The number of sulfonamides is 1. The Kier molecular flexibility index (Phi) is 5.48. The number of cyclic esters (lactones) is 1. The first-order valence-corrected chi connectivity index (χ1v) is 11.1. The number of fused-ring (bicyclic) bond motifs is 1. The fourth-order valence-corrected chi connectivity index (χ4v) is 5.14. The lowest BCUT2D eigenvalue weighted by Crippen LogP contribution is -2.54. The van der Waals surface area contributed by atoms with Gasteiger partial charge in [0.2, 0.25) is 10.0 Å². The summed E-state index contributed by atoms with van der Waals surface area (Å²) in [7, 11) is -2.14. The first-order valence-electron chi connectivity index (χ1n) is 9.62. The third-order valence-corrected chi connectivity index (χ3v) is 7.33. The number of carbonyl (C=O) groups excluding carboxylic acids is 2. The van der Waals surface area contributed by atoms with Gasteiger partial charge in [0.15, 0.2) is 6.10 Å². The third kappa shape index (κ3) is 3.78. The molecule has 1 saturated heterocycles. The molecule has 2 heterocycles. The van der Waals surface area contributed by atoms with E-state index >= 15 is 0 Å². The lowest BCUT2D eigenvalue weighted by atomic mass is 9.98. The van der Waals surface area contributed by atoms with E-state index in [1.165, 1.54) is 23.5 Å². The van der Waals surface area contributed by atoms with Gasteiger partial charge >= 0.3 is 5.97 Å². The number of amides is 1. The summed E-state index contributed by atoms with van der Waals surface area (Å²) < 4.78 is 37.5. The Bertz CT molecular complexity index is 1060. The summed E-state index contributed by atoms with van der Waals surface area (Å²) in [5.41, 5.74) is 1.27.